The summed E-state index contributed by atoms with van der Waals surface area (Å²) in [4.78, 5) is 60.5. The van der Waals surface area contributed by atoms with E-state index in [4.69, 9.17) is 13.9 Å². The summed E-state index contributed by atoms with van der Waals surface area (Å²) in [5, 5.41) is 5.65. The largest absolute Gasteiger partial charge is 0.449 e. The van der Waals surface area contributed by atoms with Crippen molar-refractivity contribution in [2.75, 3.05) is 19.8 Å². The van der Waals surface area contributed by atoms with Gasteiger partial charge in [-0.05, 0) is 75.0 Å². The molecule has 11 heteroatoms. The molecule has 6 rings (SSSR count). The molecule has 4 atom stereocenters. The van der Waals surface area contributed by atoms with Gasteiger partial charge in [0.15, 0.2) is 5.58 Å². The minimum Gasteiger partial charge on any atom is -0.449 e. The number of nitrogens with zero attached hydrogens (tertiary/aromatic N) is 2. The van der Waals surface area contributed by atoms with Crippen LogP contribution >= 0.6 is 0 Å². The molecule has 3 aliphatic rings. The number of ether oxygens (including phenoxy) is 2. The quantitative estimate of drug-likeness (QED) is 0.197. The molecule has 268 valence electrons. The van der Waals surface area contributed by atoms with Crippen LogP contribution < -0.4 is 10.6 Å². The standard InChI is InChI=1S/C39H50N4O7/c1-26(35(44)37-41-31-18-10-11-19-34(31)50-37)40-36(45)33-22-30(48-24-28-14-6-3-7-15-28)23-43(33)38(46)32(21-20-27-12-4-2-5-13-27)42-39(47)49-25-29-16-8-9-17-29/h2,4-5,10-13,18-19,26,28-30,32-33H,3,6-9,14-17,20-25H2,1H3,(H,40,45)(H,42,47)/t26-,30+,32+,33-/m0/s1. The van der Waals surface area contributed by atoms with Crippen LogP contribution in [0.2, 0.25) is 0 Å². The van der Waals surface area contributed by atoms with Crippen molar-refractivity contribution in [3.63, 3.8) is 0 Å². The first-order valence-corrected chi connectivity index (χ1v) is 18.4. The lowest BCUT2D eigenvalue weighted by molar-refractivity contribution is -0.140. The van der Waals surface area contributed by atoms with Gasteiger partial charge in [0, 0.05) is 19.6 Å². The molecule has 0 unspecified atom stereocenters. The number of oxazole rings is 1. The van der Waals surface area contributed by atoms with Crippen LogP contribution in [0.1, 0.15) is 93.8 Å². The van der Waals surface area contributed by atoms with Crippen molar-refractivity contribution in [1.29, 1.82) is 0 Å². The monoisotopic (exact) mass is 686 g/mol. The fourth-order valence-electron chi connectivity index (χ4n) is 7.54. The lowest BCUT2D eigenvalue weighted by Gasteiger charge is -2.29. The van der Waals surface area contributed by atoms with Gasteiger partial charge in [-0.3, -0.25) is 14.4 Å². The lowest BCUT2D eigenvalue weighted by atomic mass is 9.90. The van der Waals surface area contributed by atoms with E-state index in [-0.39, 0.29) is 30.9 Å². The first-order chi connectivity index (χ1) is 24.3. The van der Waals surface area contributed by atoms with Crippen molar-refractivity contribution < 1.29 is 33.1 Å². The van der Waals surface area contributed by atoms with Crippen molar-refractivity contribution >= 4 is 34.8 Å². The molecule has 0 radical (unpaired) electrons. The zero-order valence-electron chi connectivity index (χ0n) is 29.0. The Morgan fingerprint density at radius 2 is 1.56 bits per heavy atom. The van der Waals surface area contributed by atoms with Crippen molar-refractivity contribution in [2.24, 2.45) is 11.8 Å². The van der Waals surface area contributed by atoms with Crippen molar-refractivity contribution in [3.8, 4) is 0 Å². The molecule has 2 N–H and O–H groups in total. The Hall–Kier alpha value is -4.25. The molecule has 0 spiro atoms. The third kappa shape index (κ3) is 9.29. The maximum absolute atomic E-state index is 14.4. The van der Waals surface area contributed by atoms with Gasteiger partial charge in [0.25, 0.3) is 5.89 Å². The Bertz CT molecular complexity index is 1560. The van der Waals surface area contributed by atoms with E-state index < -0.39 is 35.9 Å². The maximum Gasteiger partial charge on any atom is 0.407 e. The van der Waals surface area contributed by atoms with Crippen LogP contribution in [0.4, 0.5) is 4.79 Å². The molecule has 2 aromatic carbocycles. The Morgan fingerprint density at radius 3 is 2.30 bits per heavy atom. The number of benzene rings is 2. The van der Waals surface area contributed by atoms with Crippen LogP contribution in [0.5, 0.6) is 0 Å². The summed E-state index contributed by atoms with van der Waals surface area (Å²) in [7, 11) is 0. The highest BCUT2D eigenvalue weighted by atomic mass is 16.5. The molecule has 1 aromatic heterocycles. The maximum atomic E-state index is 14.4. The summed E-state index contributed by atoms with van der Waals surface area (Å²) >= 11 is 0. The van der Waals surface area contributed by atoms with Crippen molar-refractivity contribution in [3.05, 3.63) is 66.1 Å². The number of carbonyl (C=O) groups excluding carboxylic acids is 4. The average molecular weight is 687 g/mol. The molecule has 2 heterocycles. The molecule has 50 heavy (non-hydrogen) atoms. The van der Waals surface area contributed by atoms with Gasteiger partial charge in [0.2, 0.25) is 17.6 Å². The van der Waals surface area contributed by atoms with E-state index in [1.807, 2.05) is 30.3 Å². The molecule has 2 saturated carbocycles. The van der Waals surface area contributed by atoms with Gasteiger partial charge in [0.1, 0.15) is 17.6 Å². The number of likely N-dealkylation sites (tertiary alicyclic amines) is 1. The van der Waals surface area contributed by atoms with E-state index in [0.29, 0.717) is 49.0 Å². The molecule has 3 aromatic rings. The summed E-state index contributed by atoms with van der Waals surface area (Å²) in [6.07, 6.45) is 10.3. The third-order valence-electron chi connectivity index (χ3n) is 10.5. The molecule has 3 fully saturated rings. The van der Waals surface area contributed by atoms with Crippen LogP contribution in [0, 0.1) is 11.8 Å². The number of aryl methyl sites for hydroxylation is 1. The van der Waals surface area contributed by atoms with Crippen molar-refractivity contribution in [1.82, 2.24) is 20.5 Å². The first-order valence-electron chi connectivity index (χ1n) is 18.4. The Labute approximate surface area is 293 Å². The molecule has 0 bridgehead atoms. The zero-order chi connectivity index (χ0) is 34.9. The predicted octanol–water partition coefficient (Wildman–Crippen LogP) is 6.00. The van der Waals surface area contributed by atoms with E-state index in [1.165, 1.54) is 24.2 Å². The number of Topliss-reactive ketones (excluding diaryl/α,β-unsaturated/α-hetero) is 1. The minimum absolute atomic E-state index is 0.0895. The molecule has 2 aliphatic carbocycles. The van der Waals surface area contributed by atoms with Gasteiger partial charge in [-0.1, -0.05) is 74.6 Å². The van der Waals surface area contributed by atoms with E-state index >= 15 is 0 Å². The zero-order valence-corrected chi connectivity index (χ0v) is 29.0. The van der Waals surface area contributed by atoms with Gasteiger partial charge in [0.05, 0.1) is 18.8 Å². The number of aromatic nitrogens is 1. The highest BCUT2D eigenvalue weighted by Gasteiger charge is 2.43. The smallest absolute Gasteiger partial charge is 0.407 e. The van der Waals surface area contributed by atoms with Crippen LogP contribution in [0.15, 0.2) is 59.0 Å². The van der Waals surface area contributed by atoms with E-state index in [9.17, 15) is 19.2 Å². The number of rotatable bonds is 14. The van der Waals surface area contributed by atoms with Gasteiger partial charge in [-0.25, -0.2) is 9.78 Å². The number of fused-ring (bicyclic) bond motifs is 1. The lowest BCUT2D eigenvalue weighted by Crippen LogP contribution is -2.55. The second-order valence-electron chi connectivity index (χ2n) is 14.3. The molecule has 11 nitrogen and oxygen atoms in total. The normalized spacial score (nSPS) is 21.2. The van der Waals surface area contributed by atoms with Crippen molar-refractivity contribution in [2.45, 2.75) is 108 Å². The number of carbonyl (C=O) groups is 4. The van der Waals surface area contributed by atoms with E-state index in [2.05, 4.69) is 15.6 Å². The molecule has 1 aliphatic heterocycles. The van der Waals surface area contributed by atoms with E-state index in [0.717, 1.165) is 44.1 Å². The fraction of sp³-hybridized carbons (Fsp3) is 0.564. The van der Waals surface area contributed by atoms with E-state index in [1.54, 1.807) is 31.2 Å². The molecule has 1 saturated heterocycles. The third-order valence-corrected chi connectivity index (χ3v) is 10.5. The summed E-state index contributed by atoms with van der Waals surface area (Å²) in [6.45, 7) is 2.69. The predicted molar refractivity (Wildman–Crippen MR) is 187 cm³/mol. The summed E-state index contributed by atoms with van der Waals surface area (Å²) < 4.78 is 17.6. The number of nitrogens with one attached hydrogen (secondary N) is 2. The fourth-order valence-corrected chi connectivity index (χ4v) is 7.54. The minimum atomic E-state index is -0.952. The second-order valence-corrected chi connectivity index (χ2v) is 14.3. The highest BCUT2D eigenvalue weighted by molar-refractivity contribution is 6.01. The Balaban J connectivity index is 1.16. The number of ketones is 1. The SMILES string of the molecule is C[C@H](NC(=O)[C@@H]1C[C@@H](OCC2CCCCC2)CN1C(=O)[C@@H](CCc1ccccc1)NC(=O)OCC1CCCC1)C(=O)c1nc2ccccc2o1. The number of amides is 3. The van der Waals surface area contributed by atoms with Crippen LogP contribution in [-0.4, -0.2) is 77.6 Å². The first kappa shape index (κ1) is 35.6. The number of hydrogen-bond donors (Lipinski definition) is 2. The van der Waals surface area contributed by atoms with Gasteiger partial charge in [-0.2, -0.15) is 0 Å². The van der Waals surface area contributed by atoms with Crippen LogP contribution in [-0.2, 0) is 25.5 Å². The summed E-state index contributed by atoms with van der Waals surface area (Å²) in [6, 6.07) is 14.1. The number of hydrogen-bond acceptors (Lipinski definition) is 8. The summed E-state index contributed by atoms with van der Waals surface area (Å²) in [5.74, 6) is -0.598. The molecular formula is C39H50N4O7. The van der Waals surface area contributed by atoms with Gasteiger partial charge < -0.3 is 29.4 Å². The number of alkyl carbamates (subject to hydrolysis) is 1. The highest BCUT2D eigenvalue weighted by Crippen LogP contribution is 2.28. The molecular weight excluding hydrogens is 636 g/mol. The van der Waals surface area contributed by atoms with Crippen LogP contribution in [0.3, 0.4) is 0 Å². The second kappa shape index (κ2) is 17.1. The topological polar surface area (TPSA) is 140 Å². The Morgan fingerprint density at radius 1 is 0.880 bits per heavy atom. The average Bonchev–Trinajstić information content (AvgIpc) is 3.92. The van der Waals surface area contributed by atoms with Gasteiger partial charge in [-0.15, -0.1) is 0 Å². The van der Waals surface area contributed by atoms with Crippen LogP contribution in [0.25, 0.3) is 11.1 Å². The molecule has 3 amide bonds. The summed E-state index contributed by atoms with van der Waals surface area (Å²) in [5.41, 5.74) is 2.06. The van der Waals surface area contributed by atoms with Gasteiger partial charge >= 0.3 is 6.09 Å². The Kier molecular flexibility index (Phi) is 12.2. The number of para-hydroxylation sites is 2.